The molecule has 0 atom stereocenters. The summed E-state index contributed by atoms with van der Waals surface area (Å²) >= 11 is 0. The second-order valence-electron chi connectivity index (χ2n) is 7.52. The topological polar surface area (TPSA) is 64.8 Å². The number of anilines is 3. The molecule has 0 aliphatic rings. The maximum Gasteiger partial charge on any atom is 0.416 e. The van der Waals surface area contributed by atoms with Gasteiger partial charge in [0.2, 0.25) is 0 Å². The van der Waals surface area contributed by atoms with Crippen LogP contribution >= 0.6 is 0 Å². The third-order valence-corrected chi connectivity index (χ3v) is 4.72. The fourth-order valence-corrected chi connectivity index (χ4v) is 2.94. The summed E-state index contributed by atoms with van der Waals surface area (Å²) < 4.78 is 39.7. The molecule has 3 N–H and O–H groups in total. The average molecular weight is 423 g/mol. The first kappa shape index (κ1) is 23.5. The zero-order chi connectivity index (χ0) is 22.6. The van der Waals surface area contributed by atoms with Gasteiger partial charge in [-0.25, -0.2) is 5.84 Å². The number of nitrogens with one attached hydrogen (secondary N) is 1. The van der Waals surface area contributed by atoms with E-state index in [4.69, 9.17) is 5.84 Å². The minimum atomic E-state index is -4.51. The molecule has 2 rings (SSSR count). The summed E-state index contributed by atoms with van der Waals surface area (Å²) in [5.41, 5.74) is 1.59. The number of rotatable bonds is 7. The molecule has 0 fully saturated rings. The van der Waals surface area contributed by atoms with Crippen molar-refractivity contribution in [2.45, 2.75) is 13.1 Å². The first-order valence-electron chi connectivity index (χ1n) is 9.37. The number of carbonyl (C=O) groups is 1. The number of likely N-dealkylation sites (N-methyl/N-ethyl adjacent to an activating group) is 2. The van der Waals surface area contributed by atoms with E-state index in [1.54, 1.807) is 32.3 Å². The molecule has 0 aliphatic heterocycles. The summed E-state index contributed by atoms with van der Waals surface area (Å²) in [7, 11) is 7.24. The summed E-state index contributed by atoms with van der Waals surface area (Å²) in [6, 6.07) is 8.31. The molecule has 6 nitrogen and oxygen atoms in total. The lowest BCUT2D eigenvalue weighted by Crippen LogP contribution is -2.29. The largest absolute Gasteiger partial charge is 0.416 e. The van der Waals surface area contributed by atoms with Crippen LogP contribution in [-0.2, 0) is 6.18 Å². The van der Waals surface area contributed by atoms with Crippen molar-refractivity contribution in [1.29, 1.82) is 0 Å². The molecule has 0 heterocycles. The number of carbonyl (C=O) groups excluding carboxylic acids is 1. The van der Waals surface area contributed by atoms with Gasteiger partial charge in [-0.2, -0.15) is 13.2 Å². The molecule has 0 radical (unpaired) electrons. The third-order valence-electron chi connectivity index (χ3n) is 4.72. The third kappa shape index (κ3) is 5.87. The van der Waals surface area contributed by atoms with Crippen molar-refractivity contribution in [3.8, 4) is 0 Å². The highest BCUT2D eigenvalue weighted by atomic mass is 19.4. The van der Waals surface area contributed by atoms with E-state index in [1.807, 2.05) is 30.8 Å². The molecule has 1 amide bonds. The van der Waals surface area contributed by atoms with Gasteiger partial charge in [0, 0.05) is 32.7 Å². The van der Waals surface area contributed by atoms with Gasteiger partial charge in [0.15, 0.2) is 0 Å². The summed E-state index contributed by atoms with van der Waals surface area (Å²) in [4.78, 5) is 16.6. The molecule has 164 valence electrons. The minimum Gasteiger partial charge on any atom is -0.372 e. The Kier molecular flexibility index (Phi) is 7.33. The van der Waals surface area contributed by atoms with Crippen LogP contribution in [0.25, 0.3) is 0 Å². The van der Waals surface area contributed by atoms with Gasteiger partial charge >= 0.3 is 6.18 Å². The molecular weight excluding hydrogens is 395 g/mol. The zero-order valence-corrected chi connectivity index (χ0v) is 17.8. The fourth-order valence-electron chi connectivity index (χ4n) is 2.94. The number of halogens is 3. The number of benzene rings is 2. The van der Waals surface area contributed by atoms with Gasteiger partial charge in [-0.15, -0.1) is 0 Å². The Labute approximate surface area is 175 Å². The van der Waals surface area contributed by atoms with Crippen molar-refractivity contribution in [3.05, 3.63) is 53.1 Å². The van der Waals surface area contributed by atoms with Gasteiger partial charge < -0.3 is 20.1 Å². The molecule has 2 aromatic carbocycles. The van der Waals surface area contributed by atoms with E-state index in [2.05, 4.69) is 5.32 Å². The van der Waals surface area contributed by atoms with Crippen molar-refractivity contribution in [1.82, 2.24) is 4.90 Å². The van der Waals surface area contributed by atoms with Crippen LogP contribution in [-0.4, -0.2) is 52.1 Å². The molecule has 9 heteroatoms. The van der Waals surface area contributed by atoms with Crippen LogP contribution in [0.5, 0.6) is 0 Å². The normalized spacial score (nSPS) is 11.5. The maximum absolute atomic E-state index is 13.2. The monoisotopic (exact) mass is 423 g/mol. The average Bonchev–Trinajstić information content (AvgIpc) is 2.65. The van der Waals surface area contributed by atoms with Crippen LogP contribution in [0.4, 0.5) is 30.2 Å². The van der Waals surface area contributed by atoms with Crippen molar-refractivity contribution >= 4 is 23.0 Å². The van der Waals surface area contributed by atoms with E-state index in [9.17, 15) is 18.0 Å². The van der Waals surface area contributed by atoms with Gasteiger partial charge in [0.1, 0.15) is 0 Å². The van der Waals surface area contributed by atoms with E-state index >= 15 is 0 Å². The molecule has 0 saturated carbocycles. The Morgan fingerprint density at radius 2 is 1.67 bits per heavy atom. The lowest BCUT2D eigenvalue weighted by molar-refractivity contribution is -0.137. The lowest BCUT2D eigenvalue weighted by Gasteiger charge is -2.25. The molecule has 0 unspecified atom stereocenters. The predicted octanol–water partition coefficient (Wildman–Crippen LogP) is 3.57. The van der Waals surface area contributed by atoms with Crippen molar-refractivity contribution in [3.63, 3.8) is 0 Å². The minimum absolute atomic E-state index is 0.0966. The Hall–Kier alpha value is -2.78. The number of hydrogen-bond donors (Lipinski definition) is 2. The smallest absolute Gasteiger partial charge is 0.372 e. The maximum atomic E-state index is 13.2. The standard InChI is InChI=1S/C21H28F3N5O/c1-14-6-7-15(12-19(14)29(5)25)20(30)26-17-13-16(21(22,23)24)8-9-18(17)28(4)11-10-27(2)3/h6-9,12-13H,10-11,25H2,1-5H3,(H,26,30). The molecule has 30 heavy (non-hydrogen) atoms. The van der Waals surface area contributed by atoms with Gasteiger partial charge in [-0.05, 0) is 56.9 Å². The quantitative estimate of drug-likeness (QED) is 0.527. The van der Waals surface area contributed by atoms with E-state index in [0.29, 0.717) is 30.0 Å². The first-order valence-corrected chi connectivity index (χ1v) is 9.37. The van der Waals surface area contributed by atoms with Crippen LogP contribution in [0, 0.1) is 6.92 Å². The second-order valence-corrected chi connectivity index (χ2v) is 7.52. The van der Waals surface area contributed by atoms with Crippen LogP contribution in [0.1, 0.15) is 21.5 Å². The Morgan fingerprint density at radius 3 is 2.23 bits per heavy atom. The van der Waals surface area contributed by atoms with Crippen LogP contribution in [0.2, 0.25) is 0 Å². The number of aryl methyl sites for hydroxylation is 1. The van der Waals surface area contributed by atoms with Crippen LogP contribution in [0.3, 0.4) is 0 Å². The van der Waals surface area contributed by atoms with Gasteiger partial charge in [0.05, 0.1) is 22.6 Å². The first-order chi connectivity index (χ1) is 13.9. The van der Waals surface area contributed by atoms with Crippen LogP contribution < -0.4 is 21.1 Å². The number of alkyl halides is 3. The number of hydrogen-bond acceptors (Lipinski definition) is 5. The van der Waals surface area contributed by atoms with E-state index in [-0.39, 0.29) is 5.69 Å². The van der Waals surface area contributed by atoms with Crippen molar-refractivity contribution in [2.75, 3.05) is 56.5 Å². The number of nitrogens with zero attached hydrogens (tertiary/aromatic N) is 3. The Balaban J connectivity index is 2.40. The second kappa shape index (κ2) is 9.36. The van der Waals surface area contributed by atoms with Crippen LogP contribution in [0.15, 0.2) is 36.4 Å². The highest BCUT2D eigenvalue weighted by Gasteiger charge is 2.31. The Bertz CT molecular complexity index is 897. The summed E-state index contributed by atoms with van der Waals surface area (Å²) in [6.45, 7) is 3.13. The lowest BCUT2D eigenvalue weighted by atomic mass is 10.1. The van der Waals surface area contributed by atoms with Crippen molar-refractivity contribution in [2.24, 2.45) is 5.84 Å². The van der Waals surface area contributed by atoms with E-state index < -0.39 is 17.6 Å². The fraction of sp³-hybridized carbons (Fsp3) is 0.381. The molecule has 0 aromatic heterocycles. The van der Waals surface area contributed by atoms with Crippen molar-refractivity contribution < 1.29 is 18.0 Å². The predicted molar refractivity (Wildman–Crippen MR) is 115 cm³/mol. The summed E-state index contributed by atoms with van der Waals surface area (Å²) in [5.74, 6) is 5.28. The SMILES string of the molecule is Cc1ccc(C(=O)Nc2cc(C(F)(F)F)ccc2N(C)CCN(C)C)cc1N(C)N. The van der Waals surface area contributed by atoms with Gasteiger partial charge in [-0.1, -0.05) is 6.07 Å². The molecule has 0 saturated heterocycles. The van der Waals surface area contributed by atoms with E-state index in [0.717, 1.165) is 17.7 Å². The van der Waals surface area contributed by atoms with Gasteiger partial charge in [-0.3, -0.25) is 4.79 Å². The molecular formula is C21H28F3N5O. The molecule has 0 aliphatic carbocycles. The highest BCUT2D eigenvalue weighted by molar-refractivity contribution is 6.06. The summed E-state index contributed by atoms with van der Waals surface area (Å²) in [5, 5.41) is 4.03. The molecule has 2 aromatic rings. The Morgan fingerprint density at radius 1 is 1.00 bits per heavy atom. The summed E-state index contributed by atoms with van der Waals surface area (Å²) in [6.07, 6.45) is -4.51. The highest BCUT2D eigenvalue weighted by Crippen LogP contribution is 2.35. The number of hydrazine groups is 1. The van der Waals surface area contributed by atoms with E-state index in [1.165, 1.54) is 11.1 Å². The zero-order valence-electron chi connectivity index (χ0n) is 17.8. The van der Waals surface area contributed by atoms with Gasteiger partial charge in [0.25, 0.3) is 5.91 Å². The number of amides is 1. The number of nitrogens with two attached hydrogens (primary N) is 1. The molecule has 0 bridgehead atoms. The molecule has 0 spiro atoms.